The first-order valence-electron chi connectivity index (χ1n) is 9.44. The minimum atomic E-state index is -0.472. The molecule has 0 aliphatic rings. The van der Waals surface area contributed by atoms with Crippen LogP contribution in [0, 0.1) is 0 Å². The highest BCUT2D eigenvalue weighted by atomic mass is 16.5. The Kier molecular flexibility index (Phi) is 6.63. The number of nitrogens with zero attached hydrogens (tertiary/aromatic N) is 2. The molecule has 0 fully saturated rings. The molecule has 7 nitrogen and oxygen atoms in total. The molecule has 3 rings (SSSR count). The summed E-state index contributed by atoms with van der Waals surface area (Å²) in [5, 5.41) is 7.01. The molecule has 0 aliphatic carbocycles. The highest BCUT2D eigenvalue weighted by Crippen LogP contribution is 2.16. The molecule has 0 saturated carbocycles. The fraction of sp³-hybridized carbons (Fsp3) is 0.227. The van der Waals surface area contributed by atoms with Crippen LogP contribution in [0.5, 0.6) is 5.75 Å². The summed E-state index contributed by atoms with van der Waals surface area (Å²) in [4.78, 5) is 24.0. The fourth-order valence-electron chi connectivity index (χ4n) is 2.68. The number of aryl methyl sites for hydroxylation is 1. The zero-order valence-corrected chi connectivity index (χ0v) is 16.4. The summed E-state index contributed by atoms with van der Waals surface area (Å²) in [5.41, 5.74) is 2.74. The summed E-state index contributed by atoms with van der Waals surface area (Å²) in [6, 6.07) is 16.4. The van der Waals surface area contributed by atoms with Crippen LogP contribution in [0.2, 0.25) is 0 Å². The topological polar surface area (TPSA) is 82.5 Å². The van der Waals surface area contributed by atoms with Crippen LogP contribution >= 0.6 is 0 Å². The Morgan fingerprint density at radius 2 is 1.86 bits per heavy atom. The molecule has 0 saturated heterocycles. The summed E-state index contributed by atoms with van der Waals surface area (Å²) in [5.74, 6) is -0.0941. The third-order valence-corrected chi connectivity index (χ3v) is 4.17. The van der Waals surface area contributed by atoms with E-state index in [2.05, 4.69) is 17.3 Å². The Balaban J connectivity index is 1.60. The van der Waals surface area contributed by atoms with Crippen molar-refractivity contribution >= 4 is 17.6 Å². The maximum atomic E-state index is 12.2. The van der Waals surface area contributed by atoms with Crippen LogP contribution in [0.3, 0.4) is 0 Å². The molecule has 1 aromatic heterocycles. The Bertz CT molecular complexity index is 980. The number of carbonyl (C=O) groups excluding carboxylic acids is 2. The van der Waals surface area contributed by atoms with Crippen molar-refractivity contribution in [2.75, 3.05) is 18.5 Å². The quantitative estimate of drug-likeness (QED) is 0.591. The van der Waals surface area contributed by atoms with Crippen molar-refractivity contribution in [1.82, 2.24) is 9.78 Å². The van der Waals surface area contributed by atoms with Gasteiger partial charge in [-0.1, -0.05) is 25.1 Å². The van der Waals surface area contributed by atoms with Crippen LogP contribution < -0.4 is 10.1 Å². The number of rotatable bonds is 8. The Labute approximate surface area is 169 Å². The molecular formula is C22H23N3O4. The minimum absolute atomic E-state index is 0.0928. The zero-order chi connectivity index (χ0) is 20.6. The van der Waals surface area contributed by atoms with E-state index in [1.165, 1.54) is 5.56 Å². The van der Waals surface area contributed by atoms with Gasteiger partial charge in [-0.2, -0.15) is 5.10 Å². The number of benzene rings is 2. The first kappa shape index (κ1) is 20.1. The third kappa shape index (κ3) is 5.44. The molecule has 0 radical (unpaired) electrons. The lowest BCUT2D eigenvalue weighted by atomic mass is 10.2. The molecule has 150 valence electrons. The SMILES string of the molecule is CCOC(=O)c1ccn(-c2cccc(NC(=O)COc3ccc(CC)cc3)c2)n1. The van der Waals surface area contributed by atoms with Crippen LogP contribution in [0.1, 0.15) is 29.9 Å². The lowest BCUT2D eigenvalue weighted by molar-refractivity contribution is -0.118. The van der Waals surface area contributed by atoms with E-state index in [1.54, 1.807) is 42.1 Å². The van der Waals surface area contributed by atoms with E-state index < -0.39 is 5.97 Å². The summed E-state index contributed by atoms with van der Waals surface area (Å²) < 4.78 is 12.0. The van der Waals surface area contributed by atoms with Gasteiger partial charge in [0, 0.05) is 11.9 Å². The van der Waals surface area contributed by atoms with Gasteiger partial charge in [0.15, 0.2) is 12.3 Å². The Morgan fingerprint density at radius 1 is 1.07 bits per heavy atom. The van der Waals surface area contributed by atoms with Gasteiger partial charge in [0.1, 0.15) is 5.75 Å². The number of nitrogens with one attached hydrogen (secondary N) is 1. The van der Waals surface area contributed by atoms with Crippen LogP contribution in [-0.2, 0) is 16.0 Å². The predicted molar refractivity (Wildman–Crippen MR) is 109 cm³/mol. The molecule has 1 heterocycles. The van der Waals surface area contributed by atoms with Crippen LogP contribution in [0.4, 0.5) is 5.69 Å². The van der Waals surface area contributed by atoms with Gasteiger partial charge >= 0.3 is 5.97 Å². The van der Waals surface area contributed by atoms with Gasteiger partial charge in [0.25, 0.3) is 5.91 Å². The standard InChI is InChI=1S/C22H23N3O4/c1-3-16-8-10-19(11-9-16)29-15-21(26)23-17-6-5-7-18(14-17)25-13-12-20(24-25)22(27)28-4-2/h5-14H,3-4,15H2,1-2H3,(H,23,26). The van der Waals surface area contributed by atoms with Crippen molar-refractivity contribution in [3.05, 3.63) is 72.1 Å². The molecule has 29 heavy (non-hydrogen) atoms. The van der Waals surface area contributed by atoms with Gasteiger partial charge in [-0.25, -0.2) is 9.48 Å². The first-order chi connectivity index (χ1) is 14.1. The van der Waals surface area contributed by atoms with Gasteiger partial charge in [-0.15, -0.1) is 0 Å². The average Bonchev–Trinajstić information content (AvgIpc) is 3.23. The number of anilines is 1. The summed E-state index contributed by atoms with van der Waals surface area (Å²) in [6.07, 6.45) is 2.62. The lowest BCUT2D eigenvalue weighted by Gasteiger charge is -2.09. The first-order valence-corrected chi connectivity index (χ1v) is 9.44. The number of esters is 1. The smallest absolute Gasteiger partial charge is 0.358 e. The number of carbonyl (C=O) groups is 2. The minimum Gasteiger partial charge on any atom is -0.484 e. The van der Waals surface area contributed by atoms with E-state index in [0.29, 0.717) is 17.1 Å². The van der Waals surface area contributed by atoms with E-state index >= 15 is 0 Å². The molecule has 3 aromatic rings. The van der Waals surface area contributed by atoms with Gasteiger partial charge in [-0.05, 0) is 55.3 Å². The number of hydrogen-bond acceptors (Lipinski definition) is 5. The molecule has 0 bridgehead atoms. The second-order valence-electron chi connectivity index (χ2n) is 6.25. The van der Waals surface area contributed by atoms with E-state index in [1.807, 2.05) is 30.3 Å². The average molecular weight is 393 g/mol. The summed E-state index contributed by atoms with van der Waals surface area (Å²) in [7, 11) is 0. The van der Waals surface area contributed by atoms with Gasteiger partial charge in [-0.3, -0.25) is 4.79 Å². The zero-order valence-electron chi connectivity index (χ0n) is 16.4. The van der Waals surface area contributed by atoms with Crippen molar-refractivity contribution < 1.29 is 19.1 Å². The molecule has 0 spiro atoms. The molecule has 7 heteroatoms. The highest BCUT2D eigenvalue weighted by molar-refractivity contribution is 5.92. The molecule has 2 aromatic carbocycles. The molecule has 0 aliphatic heterocycles. The second kappa shape index (κ2) is 9.54. The monoisotopic (exact) mass is 393 g/mol. The van der Waals surface area contributed by atoms with Crippen LogP contribution in [0.25, 0.3) is 5.69 Å². The summed E-state index contributed by atoms with van der Waals surface area (Å²) in [6.45, 7) is 4.02. The number of amides is 1. The molecule has 0 unspecified atom stereocenters. The lowest BCUT2D eigenvalue weighted by Crippen LogP contribution is -2.20. The number of aromatic nitrogens is 2. The number of ether oxygens (including phenoxy) is 2. The normalized spacial score (nSPS) is 10.4. The Hall–Kier alpha value is -3.61. The third-order valence-electron chi connectivity index (χ3n) is 4.17. The second-order valence-corrected chi connectivity index (χ2v) is 6.25. The van der Waals surface area contributed by atoms with E-state index in [4.69, 9.17) is 9.47 Å². The van der Waals surface area contributed by atoms with Crippen molar-refractivity contribution in [2.45, 2.75) is 20.3 Å². The van der Waals surface area contributed by atoms with Gasteiger partial charge in [0.05, 0.1) is 12.3 Å². The largest absolute Gasteiger partial charge is 0.484 e. The summed E-state index contributed by atoms with van der Waals surface area (Å²) >= 11 is 0. The van der Waals surface area contributed by atoms with Crippen molar-refractivity contribution in [1.29, 1.82) is 0 Å². The maximum Gasteiger partial charge on any atom is 0.358 e. The van der Waals surface area contributed by atoms with Crippen molar-refractivity contribution in [2.24, 2.45) is 0 Å². The van der Waals surface area contributed by atoms with E-state index in [9.17, 15) is 9.59 Å². The van der Waals surface area contributed by atoms with E-state index in [-0.39, 0.29) is 24.8 Å². The molecular weight excluding hydrogens is 370 g/mol. The van der Waals surface area contributed by atoms with Crippen molar-refractivity contribution in [3.8, 4) is 11.4 Å². The number of hydrogen-bond donors (Lipinski definition) is 1. The van der Waals surface area contributed by atoms with E-state index in [0.717, 1.165) is 6.42 Å². The van der Waals surface area contributed by atoms with Gasteiger partial charge in [0.2, 0.25) is 0 Å². The van der Waals surface area contributed by atoms with Gasteiger partial charge < -0.3 is 14.8 Å². The Morgan fingerprint density at radius 3 is 2.59 bits per heavy atom. The molecule has 1 amide bonds. The molecule has 1 N–H and O–H groups in total. The predicted octanol–water partition coefficient (Wildman–Crippen LogP) is 3.63. The fourth-order valence-corrected chi connectivity index (χ4v) is 2.68. The highest BCUT2D eigenvalue weighted by Gasteiger charge is 2.11. The molecule has 0 atom stereocenters. The van der Waals surface area contributed by atoms with Crippen LogP contribution in [-0.4, -0.2) is 34.9 Å². The van der Waals surface area contributed by atoms with Crippen molar-refractivity contribution in [3.63, 3.8) is 0 Å². The van der Waals surface area contributed by atoms with Crippen LogP contribution in [0.15, 0.2) is 60.8 Å². The maximum absolute atomic E-state index is 12.2.